The van der Waals surface area contributed by atoms with E-state index in [-0.39, 0.29) is 12.3 Å². The number of nitrogens with zero attached hydrogens (tertiary/aromatic N) is 3. The first kappa shape index (κ1) is 22.8. The van der Waals surface area contributed by atoms with E-state index in [0.29, 0.717) is 6.61 Å². The molecule has 1 aliphatic rings. The third-order valence-corrected chi connectivity index (χ3v) is 6.30. The number of fused-ring (bicyclic) bond motifs is 1. The molecule has 3 aromatic rings. The number of hydrogen-bond acceptors (Lipinski definition) is 5. The highest BCUT2D eigenvalue weighted by Crippen LogP contribution is 2.37. The Balaban J connectivity index is 1.28. The standard InChI is InChI=1S/C27H31N3O3/c1-3-19-5-7-20(8-6-19)27-28-14-13-25(29-27)30(2)15-4-16-33-23-11-12-24-21(17-23)9-10-22(24)18-26(31)32/h5-8,11-14,17,22H,3-4,9-10,15-16,18H2,1-2H3,(H,31,32)/t22-/m0/s1. The summed E-state index contributed by atoms with van der Waals surface area (Å²) in [7, 11) is 2.03. The number of anilines is 1. The third kappa shape index (κ3) is 5.69. The summed E-state index contributed by atoms with van der Waals surface area (Å²) < 4.78 is 5.97. The van der Waals surface area contributed by atoms with Gasteiger partial charge in [-0.15, -0.1) is 0 Å². The number of carboxylic acids is 1. The van der Waals surface area contributed by atoms with E-state index in [1.54, 1.807) is 6.20 Å². The van der Waals surface area contributed by atoms with Crippen molar-refractivity contribution in [3.05, 3.63) is 71.4 Å². The minimum absolute atomic E-state index is 0.127. The molecule has 172 valence electrons. The zero-order valence-corrected chi connectivity index (χ0v) is 19.3. The van der Waals surface area contributed by atoms with Crippen LogP contribution in [0.1, 0.15) is 48.8 Å². The van der Waals surface area contributed by atoms with Crippen molar-refractivity contribution < 1.29 is 14.6 Å². The molecule has 6 nitrogen and oxygen atoms in total. The molecule has 0 saturated carbocycles. The van der Waals surface area contributed by atoms with Gasteiger partial charge in [0.15, 0.2) is 5.82 Å². The lowest BCUT2D eigenvalue weighted by atomic mass is 9.98. The lowest BCUT2D eigenvalue weighted by molar-refractivity contribution is -0.137. The summed E-state index contributed by atoms with van der Waals surface area (Å²) in [5.41, 5.74) is 4.70. The van der Waals surface area contributed by atoms with Crippen molar-refractivity contribution in [1.82, 2.24) is 9.97 Å². The molecule has 0 fully saturated rings. The molecule has 0 saturated heterocycles. The smallest absolute Gasteiger partial charge is 0.303 e. The van der Waals surface area contributed by atoms with Crippen LogP contribution in [-0.2, 0) is 17.6 Å². The molecular weight excluding hydrogens is 414 g/mol. The molecule has 0 bridgehead atoms. The largest absolute Gasteiger partial charge is 0.494 e. The van der Waals surface area contributed by atoms with Crippen molar-refractivity contribution in [3.63, 3.8) is 0 Å². The van der Waals surface area contributed by atoms with Crippen molar-refractivity contribution in [2.45, 2.75) is 44.9 Å². The van der Waals surface area contributed by atoms with Gasteiger partial charge in [-0.05, 0) is 66.5 Å². The number of carbonyl (C=O) groups is 1. The molecule has 1 N–H and O–H groups in total. The lowest BCUT2D eigenvalue weighted by Gasteiger charge is -2.19. The third-order valence-electron chi connectivity index (χ3n) is 6.30. The highest BCUT2D eigenvalue weighted by atomic mass is 16.5. The Labute approximate surface area is 195 Å². The second kappa shape index (κ2) is 10.5. The summed E-state index contributed by atoms with van der Waals surface area (Å²) >= 11 is 0. The molecule has 1 atom stereocenters. The Morgan fingerprint density at radius 3 is 2.76 bits per heavy atom. The highest BCUT2D eigenvalue weighted by molar-refractivity contribution is 5.68. The monoisotopic (exact) mass is 445 g/mol. The molecule has 0 aliphatic heterocycles. The Bertz CT molecular complexity index is 1100. The first-order chi connectivity index (χ1) is 16.0. The SMILES string of the molecule is CCc1ccc(-c2nccc(N(C)CCCOc3ccc4c(c3)CC[C@H]4CC(=O)O)n2)cc1. The molecule has 2 aromatic carbocycles. The fourth-order valence-corrected chi connectivity index (χ4v) is 4.39. The van der Waals surface area contributed by atoms with E-state index < -0.39 is 5.97 Å². The van der Waals surface area contributed by atoms with E-state index in [1.807, 2.05) is 25.2 Å². The molecule has 0 unspecified atom stereocenters. The van der Waals surface area contributed by atoms with Crippen LogP contribution in [0.2, 0.25) is 0 Å². The fourth-order valence-electron chi connectivity index (χ4n) is 4.39. The van der Waals surface area contributed by atoms with Crippen molar-refractivity contribution in [1.29, 1.82) is 0 Å². The molecule has 33 heavy (non-hydrogen) atoms. The molecule has 0 amide bonds. The van der Waals surface area contributed by atoms with Crippen molar-refractivity contribution in [2.75, 3.05) is 25.1 Å². The summed E-state index contributed by atoms with van der Waals surface area (Å²) in [6.45, 7) is 3.57. The molecule has 1 aromatic heterocycles. The predicted molar refractivity (Wildman–Crippen MR) is 130 cm³/mol. The summed E-state index contributed by atoms with van der Waals surface area (Å²) in [5.74, 6) is 1.87. The van der Waals surface area contributed by atoms with Gasteiger partial charge in [-0.2, -0.15) is 0 Å². The number of aromatic nitrogens is 2. The molecular formula is C27H31N3O3. The Morgan fingerprint density at radius 1 is 1.18 bits per heavy atom. The van der Waals surface area contributed by atoms with E-state index in [1.165, 1.54) is 11.1 Å². The second-order valence-corrected chi connectivity index (χ2v) is 8.61. The van der Waals surface area contributed by atoms with E-state index in [9.17, 15) is 4.79 Å². The van der Waals surface area contributed by atoms with Gasteiger partial charge in [0, 0.05) is 25.4 Å². The van der Waals surface area contributed by atoms with Gasteiger partial charge in [0.2, 0.25) is 0 Å². The number of rotatable bonds is 10. The quantitative estimate of drug-likeness (QED) is 0.437. The maximum atomic E-state index is 11.0. The van der Waals surface area contributed by atoms with Crippen molar-refractivity contribution >= 4 is 11.8 Å². The zero-order chi connectivity index (χ0) is 23.2. The van der Waals surface area contributed by atoms with Gasteiger partial charge in [0.25, 0.3) is 0 Å². The van der Waals surface area contributed by atoms with Crippen molar-refractivity contribution in [2.24, 2.45) is 0 Å². The minimum atomic E-state index is -0.734. The maximum absolute atomic E-state index is 11.0. The van der Waals surface area contributed by atoms with Crippen LogP contribution in [0.3, 0.4) is 0 Å². The van der Waals surface area contributed by atoms with E-state index in [4.69, 9.17) is 14.8 Å². The van der Waals surface area contributed by atoms with E-state index in [0.717, 1.165) is 60.7 Å². The molecule has 0 spiro atoms. The van der Waals surface area contributed by atoms with Crippen LogP contribution < -0.4 is 9.64 Å². The first-order valence-corrected chi connectivity index (χ1v) is 11.6. The van der Waals surface area contributed by atoms with Gasteiger partial charge in [-0.1, -0.05) is 37.3 Å². The Hall–Kier alpha value is -3.41. The molecule has 1 aliphatic carbocycles. The number of benzene rings is 2. The van der Waals surface area contributed by atoms with Gasteiger partial charge in [-0.3, -0.25) is 4.79 Å². The van der Waals surface area contributed by atoms with Gasteiger partial charge in [0.05, 0.1) is 13.0 Å². The summed E-state index contributed by atoms with van der Waals surface area (Å²) in [6, 6.07) is 16.4. The van der Waals surface area contributed by atoms with Gasteiger partial charge in [0.1, 0.15) is 11.6 Å². The molecule has 4 rings (SSSR count). The predicted octanol–water partition coefficient (Wildman–Crippen LogP) is 5.12. The van der Waals surface area contributed by atoms with Crippen LogP contribution in [0.4, 0.5) is 5.82 Å². The van der Waals surface area contributed by atoms with E-state index >= 15 is 0 Å². The van der Waals surface area contributed by atoms with Crippen molar-refractivity contribution in [3.8, 4) is 17.1 Å². The maximum Gasteiger partial charge on any atom is 0.303 e. The zero-order valence-electron chi connectivity index (χ0n) is 19.3. The van der Waals surface area contributed by atoms with Crippen LogP contribution >= 0.6 is 0 Å². The van der Waals surface area contributed by atoms with Crippen LogP contribution in [0.5, 0.6) is 5.75 Å². The van der Waals surface area contributed by atoms with E-state index in [2.05, 4.69) is 47.1 Å². The van der Waals surface area contributed by atoms with Gasteiger partial charge in [-0.25, -0.2) is 9.97 Å². The topological polar surface area (TPSA) is 75.6 Å². The number of ether oxygens (including phenoxy) is 1. The van der Waals surface area contributed by atoms with Crippen LogP contribution in [0.15, 0.2) is 54.7 Å². The normalized spacial score (nSPS) is 14.7. The van der Waals surface area contributed by atoms with Gasteiger partial charge < -0.3 is 14.7 Å². The number of aliphatic carboxylic acids is 1. The summed E-state index contributed by atoms with van der Waals surface area (Å²) in [5, 5.41) is 9.08. The summed E-state index contributed by atoms with van der Waals surface area (Å²) in [6.07, 6.45) is 5.71. The second-order valence-electron chi connectivity index (χ2n) is 8.61. The molecule has 6 heteroatoms. The van der Waals surface area contributed by atoms with Gasteiger partial charge >= 0.3 is 5.97 Å². The molecule has 1 heterocycles. The number of hydrogen-bond donors (Lipinski definition) is 1. The highest BCUT2D eigenvalue weighted by Gasteiger charge is 2.24. The average Bonchev–Trinajstić information content (AvgIpc) is 3.23. The minimum Gasteiger partial charge on any atom is -0.494 e. The average molecular weight is 446 g/mol. The Kier molecular flexibility index (Phi) is 7.23. The fraction of sp³-hybridized carbons (Fsp3) is 0.370. The molecule has 0 radical (unpaired) electrons. The summed E-state index contributed by atoms with van der Waals surface area (Å²) in [4.78, 5) is 22.3. The van der Waals surface area contributed by atoms with Crippen LogP contribution in [0, 0.1) is 0 Å². The first-order valence-electron chi connectivity index (χ1n) is 11.6. The van der Waals surface area contributed by atoms with Crippen LogP contribution in [0.25, 0.3) is 11.4 Å². The number of aryl methyl sites for hydroxylation is 2. The van der Waals surface area contributed by atoms with Crippen LogP contribution in [-0.4, -0.2) is 41.2 Å². The lowest BCUT2D eigenvalue weighted by Crippen LogP contribution is -2.21. The number of carboxylic acid groups (broad SMARTS) is 1. The Morgan fingerprint density at radius 2 is 2.00 bits per heavy atom.